The summed E-state index contributed by atoms with van der Waals surface area (Å²) in [5, 5.41) is 3.42. The number of piperidine rings is 1. The quantitative estimate of drug-likeness (QED) is 0.885. The van der Waals surface area contributed by atoms with Crippen LogP contribution in [0.2, 0.25) is 0 Å². The number of likely N-dealkylation sites (tertiary alicyclic amines) is 1. The van der Waals surface area contributed by atoms with Crippen molar-refractivity contribution in [2.75, 3.05) is 19.6 Å². The molecule has 0 radical (unpaired) electrons. The summed E-state index contributed by atoms with van der Waals surface area (Å²) < 4.78 is 27.3. The van der Waals surface area contributed by atoms with E-state index in [1.807, 2.05) is 6.92 Å². The minimum absolute atomic E-state index is 0.0663. The predicted octanol–water partition coefficient (Wildman–Crippen LogP) is 2.71. The van der Waals surface area contributed by atoms with Crippen molar-refractivity contribution in [2.45, 2.75) is 31.8 Å². The van der Waals surface area contributed by atoms with Crippen LogP contribution >= 0.6 is 0 Å². The second-order valence-electron chi connectivity index (χ2n) is 5.71. The average molecular weight is 266 g/mol. The molecule has 0 saturated carbocycles. The molecule has 0 amide bonds. The monoisotopic (exact) mass is 266 g/mol. The standard InChI is InChI=1S/C15H20F2N2/c1-10(13-7-12(16)4-5-14(13)17)19-6-2-3-11-8-18-9-15(11)19/h4-5,7,10-11,15,18H,2-3,6,8-9H2,1H3. The van der Waals surface area contributed by atoms with Crippen LogP contribution in [0.25, 0.3) is 0 Å². The van der Waals surface area contributed by atoms with Crippen molar-refractivity contribution in [3.05, 3.63) is 35.4 Å². The summed E-state index contributed by atoms with van der Waals surface area (Å²) >= 11 is 0. The minimum Gasteiger partial charge on any atom is -0.315 e. The van der Waals surface area contributed by atoms with Crippen molar-refractivity contribution in [3.63, 3.8) is 0 Å². The molecule has 4 heteroatoms. The highest BCUT2D eigenvalue weighted by Gasteiger charge is 2.37. The third-order valence-electron chi connectivity index (χ3n) is 4.63. The minimum atomic E-state index is -0.360. The first kappa shape index (κ1) is 13.0. The maximum atomic E-state index is 13.9. The van der Waals surface area contributed by atoms with Crippen LogP contribution in [-0.4, -0.2) is 30.6 Å². The molecule has 3 rings (SSSR count). The van der Waals surface area contributed by atoms with Crippen molar-refractivity contribution in [2.24, 2.45) is 5.92 Å². The third kappa shape index (κ3) is 2.39. The molecule has 2 nitrogen and oxygen atoms in total. The number of fused-ring (bicyclic) bond motifs is 1. The van der Waals surface area contributed by atoms with Gasteiger partial charge in [-0.15, -0.1) is 0 Å². The molecule has 0 spiro atoms. The van der Waals surface area contributed by atoms with E-state index >= 15 is 0 Å². The van der Waals surface area contributed by atoms with Crippen molar-refractivity contribution >= 4 is 0 Å². The first-order chi connectivity index (χ1) is 9.16. The Morgan fingerprint density at radius 3 is 3.00 bits per heavy atom. The molecule has 0 aliphatic carbocycles. The zero-order valence-corrected chi connectivity index (χ0v) is 11.2. The zero-order valence-electron chi connectivity index (χ0n) is 11.2. The van der Waals surface area contributed by atoms with E-state index in [9.17, 15) is 8.78 Å². The van der Waals surface area contributed by atoms with Gasteiger partial charge in [-0.1, -0.05) is 0 Å². The van der Waals surface area contributed by atoms with Crippen LogP contribution in [0.15, 0.2) is 18.2 Å². The molecule has 0 aromatic heterocycles. The predicted molar refractivity (Wildman–Crippen MR) is 70.9 cm³/mol. The lowest BCUT2D eigenvalue weighted by Gasteiger charge is -2.41. The van der Waals surface area contributed by atoms with Gasteiger partial charge in [0.1, 0.15) is 11.6 Å². The molecule has 2 aliphatic rings. The summed E-state index contributed by atoms with van der Waals surface area (Å²) in [6, 6.07) is 4.15. The van der Waals surface area contributed by atoms with E-state index in [0.29, 0.717) is 17.5 Å². The summed E-state index contributed by atoms with van der Waals surface area (Å²) in [6.45, 7) is 4.98. The fourth-order valence-corrected chi connectivity index (χ4v) is 3.60. The van der Waals surface area contributed by atoms with Gasteiger partial charge in [0, 0.05) is 24.2 Å². The fraction of sp³-hybridized carbons (Fsp3) is 0.600. The van der Waals surface area contributed by atoms with Crippen molar-refractivity contribution in [3.8, 4) is 0 Å². The number of nitrogens with one attached hydrogen (secondary N) is 1. The Bertz CT molecular complexity index is 463. The Morgan fingerprint density at radius 2 is 2.16 bits per heavy atom. The Kier molecular flexibility index (Phi) is 3.54. The van der Waals surface area contributed by atoms with E-state index in [1.54, 1.807) is 0 Å². The van der Waals surface area contributed by atoms with Gasteiger partial charge in [-0.2, -0.15) is 0 Å². The van der Waals surface area contributed by atoms with Gasteiger partial charge < -0.3 is 5.32 Å². The Balaban J connectivity index is 1.86. The largest absolute Gasteiger partial charge is 0.315 e. The van der Waals surface area contributed by atoms with Gasteiger partial charge in [0.25, 0.3) is 0 Å². The zero-order chi connectivity index (χ0) is 13.4. The lowest BCUT2D eigenvalue weighted by atomic mass is 9.89. The van der Waals surface area contributed by atoms with E-state index in [4.69, 9.17) is 0 Å². The summed E-state index contributed by atoms with van der Waals surface area (Å²) in [6.07, 6.45) is 2.39. The SMILES string of the molecule is CC(c1cc(F)ccc1F)N1CCCC2CNCC21. The van der Waals surface area contributed by atoms with Gasteiger partial charge in [0.2, 0.25) is 0 Å². The maximum absolute atomic E-state index is 13.9. The number of hydrogen-bond acceptors (Lipinski definition) is 2. The molecule has 2 saturated heterocycles. The van der Waals surface area contributed by atoms with Crippen molar-refractivity contribution in [1.29, 1.82) is 0 Å². The van der Waals surface area contributed by atoms with Gasteiger partial charge in [-0.3, -0.25) is 4.90 Å². The molecule has 1 aromatic carbocycles. The number of halogens is 2. The molecule has 19 heavy (non-hydrogen) atoms. The van der Waals surface area contributed by atoms with E-state index in [1.165, 1.54) is 24.6 Å². The summed E-state index contributed by atoms with van der Waals surface area (Å²) in [5.41, 5.74) is 0.479. The van der Waals surface area contributed by atoms with Crippen LogP contribution in [0.3, 0.4) is 0 Å². The van der Waals surface area contributed by atoms with Crippen LogP contribution in [0.5, 0.6) is 0 Å². The Morgan fingerprint density at radius 1 is 1.32 bits per heavy atom. The molecule has 0 bridgehead atoms. The highest BCUT2D eigenvalue weighted by Crippen LogP contribution is 2.34. The molecule has 104 valence electrons. The van der Waals surface area contributed by atoms with Crippen LogP contribution in [0, 0.1) is 17.6 Å². The molecule has 2 fully saturated rings. The lowest BCUT2D eigenvalue weighted by molar-refractivity contribution is 0.0829. The van der Waals surface area contributed by atoms with Gasteiger partial charge in [0.05, 0.1) is 0 Å². The van der Waals surface area contributed by atoms with Crippen LogP contribution in [0.1, 0.15) is 31.4 Å². The van der Waals surface area contributed by atoms with Gasteiger partial charge in [-0.25, -0.2) is 8.78 Å². The second-order valence-corrected chi connectivity index (χ2v) is 5.71. The first-order valence-corrected chi connectivity index (χ1v) is 7.08. The molecule has 3 atom stereocenters. The molecule has 2 heterocycles. The van der Waals surface area contributed by atoms with Gasteiger partial charge in [-0.05, 0) is 57.0 Å². The lowest BCUT2D eigenvalue weighted by Crippen LogP contribution is -2.46. The molecular weight excluding hydrogens is 246 g/mol. The van der Waals surface area contributed by atoms with Crippen LogP contribution in [0.4, 0.5) is 8.78 Å². The van der Waals surface area contributed by atoms with Gasteiger partial charge in [0.15, 0.2) is 0 Å². The highest BCUT2D eigenvalue weighted by atomic mass is 19.1. The summed E-state index contributed by atoms with van der Waals surface area (Å²) in [4.78, 5) is 2.34. The molecule has 1 N–H and O–H groups in total. The summed E-state index contributed by atoms with van der Waals surface area (Å²) in [7, 11) is 0. The molecule has 3 unspecified atom stereocenters. The van der Waals surface area contributed by atoms with E-state index in [2.05, 4.69) is 10.2 Å². The number of hydrogen-bond donors (Lipinski definition) is 1. The molecule has 1 aromatic rings. The number of rotatable bonds is 2. The maximum Gasteiger partial charge on any atom is 0.128 e. The number of nitrogens with zero attached hydrogens (tertiary/aromatic N) is 1. The van der Waals surface area contributed by atoms with Crippen LogP contribution < -0.4 is 5.32 Å². The Hall–Kier alpha value is -1.00. The highest BCUT2D eigenvalue weighted by molar-refractivity contribution is 5.22. The normalized spacial score (nSPS) is 29.2. The van der Waals surface area contributed by atoms with Crippen molar-refractivity contribution < 1.29 is 8.78 Å². The molecule has 2 aliphatic heterocycles. The van der Waals surface area contributed by atoms with Crippen molar-refractivity contribution in [1.82, 2.24) is 10.2 Å². The molecular formula is C15H20F2N2. The second kappa shape index (κ2) is 5.17. The van der Waals surface area contributed by atoms with E-state index < -0.39 is 0 Å². The Labute approximate surface area is 112 Å². The third-order valence-corrected chi connectivity index (χ3v) is 4.63. The van der Waals surface area contributed by atoms with Gasteiger partial charge >= 0.3 is 0 Å². The summed E-state index contributed by atoms with van der Waals surface area (Å²) in [5.74, 6) is -0.00356. The fourth-order valence-electron chi connectivity index (χ4n) is 3.60. The average Bonchev–Trinajstić information content (AvgIpc) is 2.89. The first-order valence-electron chi connectivity index (χ1n) is 7.08. The van der Waals surface area contributed by atoms with E-state index in [0.717, 1.165) is 26.1 Å². The van der Waals surface area contributed by atoms with E-state index in [-0.39, 0.29) is 17.7 Å². The van der Waals surface area contributed by atoms with Crippen LogP contribution in [-0.2, 0) is 0 Å². The number of benzene rings is 1. The topological polar surface area (TPSA) is 15.3 Å². The smallest absolute Gasteiger partial charge is 0.128 e.